The molecule has 156 valence electrons. The number of ketones is 2. The summed E-state index contributed by atoms with van der Waals surface area (Å²) in [6.07, 6.45) is 0. The molecule has 1 unspecified atom stereocenters. The van der Waals surface area contributed by atoms with Gasteiger partial charge in [-0.05, 0) is 11.6 Å². The Labute approximate surface area is 180 Å². The molecule has 3 aromatic rings. The van der Waals surface area contributed by atoms with Crippen molar-refractivity contribution in [2.75, 3.05) is 6.79 Å². The van der Waals surface area contributed by atoms with Crippen LogP contribution in [0.5, 0.6) is 17.2 Å². The van der Waals surface area contributed by atoms with Gasteiger partial charge in [-0.15, -0.1) is 0 Å². The van der Waals surface area contributed by atoms with E-state index in [-0.39, 0.29) is 40.7 Å². The molecule has 32 heavy (non-hydrogen) atoms. The predicted molar refractivity (Wildman–Crippen MR) is 110 cm³/mol. The molecule has 3 aromatic carbocycles. The number of nitro benzene ring substituents is 1. The first kappa shape index (κ1) is 18.3. The molecule has 2 heterocycles. The number of carbonyl (C=O) groups excluding carboxylic acids is 2. The molecule has 2 aliphatic heterocycles. The summed E-state index contributed by atoms with van der Waals surface area (Å²) in [5, 5.41) is 11.4. The Bertz CT molecular complexity index is 1410. The average molecular weight is 427 g/mol. The summed E-state index contributed by atoms with van der Waals surface area (Å²) in [7, 11) is 0. The lowest BCUT2D eigenvalue weighted by Gasteiger charge is -2.32. The van der Waals surface area contributed by atoms with Gasteiger partial charge in [0.1, 0.15) is 5.75 Å². The quantitative estimate of drug-likeness (QED) is 0.446. The van der Waals surface area contributed by atoms with Gasteiger partial charge >= 0.3 is 0 Å². The molecule has 0 radical (unpaired) electrons. The Morgan fingerprint density at radius 2 is 1.56 bits per heavy atom. The zero-order valence-electron chi connectivity index (χ0n) is 16.4. The van der Waals surface area contributed by atoms with Crippen molar-refractivity contribution in [2.45, 2.75) is 5.92 Å². The molecule has 0 saturated carbocycles. The molecule has 0 aromatic heterocycles. The van der Waals surface area contributed by atoms with E-state index < -0.39 is 16.6 Å². The first-order valence-corrected chi connectivity index (χ1v) is 9.81. The summed E-state index contributed by atoms with van der Waals surface area (Å²) in [6.45, 7) is 0.0378. The first-order chi connectivity index (χ1) is 15.5. The van der Waals surface area contributed by atoms with Crippen molar-refractivity contribution in [3.05, 3.63) is 104 Å². The number of allylic oxidation sites excluding steroid dienone is 2. The van der Waals surface area contributed by atoms with Crippen molar-refractivity contribution >= 4 is 17.3 Å². The van der Waals surface area contributed by atoms with Crippen molar-refractivity contribution in [3.63, 3.8) is 0 Å². The molecule has 3 aliphatic rings. The van der Waals surface area contributed by atoms with Gasteiger partial charge in [-0.1, -0.05) is 36.4 Å². The Kier molecular flexibility index (Phi) is 3.73. The maximum absolute atomic E-state index is 13.6. The van der Waals surface area contributed by atoms with E-state index in [4.69, 9.17) is 14.2 Å². The lowest BCUT2D eigenvalue weighted by Crippen LogP contribution is -2.31. The van der Waals surface area contributed by atoms with Gasteiger partial charge in [0, 0.05) is 40.8 Å². The van der Waals surface area contributed by atoms with E-state index in [2.05, 4.69) is 0 Å². The molecule has 8 nitrogen and oxygen atoms in total. The van der Waals surface area contributed by atoms with Gasteiger partial charge in [-0.2, -0.15) is 0 Å². The number of rotatable bonds is 2. The van der Waals surface area contributed by atoms with Crippen LogP contribution in [0.25, 0.3) is 0 Å². The number of fused-ring (bicyclic) bond motifs is 3. The zero-order valence-corrected chi connectivity index (χ0v) is 16.4. The van der Waals surface area contributed by atoms with E-state index in [1.165, 1.54) is 12.1 Å². The highest BCUT2D eigenvalue weighted by atomic mass is 16.7. The predicted octanol–water partition coefficient (Wildman–Crippen LogP) is 4.18. The lowest BCUT2D eigenvalue weighted by atomic mass is 9.75. The van der Waals surface area contributed by atoms with Crippen molar-refractivity contribution < 1.29 is 28.7 Å². The Morgan fingerprint density at radius 1 is 0.844 bits per heavy atom. The van der Waals surface area contributed by atoms with E-state index in [9.17, 15) is 19.7 Å². The van der Waals surface area contributed by atoms with Crippen molar-refractivity contribution in [1.29, 1.82) is 0 Å². The van der Waals surface area contributed by atoms with E-state index in [1.807, 2.05) is 0 Å². The van der Waals surface area contributed by atoms with Crippen molar-refractivity contribution in [3.8, 4) is 17.2 Å². The number of hydrogen-bond acceptors (Lipinski definition) is 7. The van der Waals surface area contributed by atoms with Crippen LogP contribution in [0.2, 0.25) is 0 Å². The van der Waals surface area contributed by atoms with Gasteiger partial charge in [0.15, 0.2) is 23.0 Å². The third kappa shape index (κ3) is 2.49. The molecule has 0 saturated heterocycles. The van der Waals surface area contributed by atoms with Crippen LogP contribution in [0.4, 0.5) is 5.69 Å². The maximum Gasteiger partial charge on any atom is 0.269 e. The SMILES string of the molecule is O=C1C2=C(C(=O)c3ccccc31)C(c1cccc([N+](=O)[O-])c1)c1cc3c(cc1O2)OCO3. The van der Waals surface area contributed by atoms with Crippen LogP contribution in [0.15, 0.2) is 72.0 Å². The second-order valence-corrected chi connectivity index (χ2v) is 7.58. The third-order valence-corrected chi connectivity index (χ3v) is 5.84. The van der Waals surface area contributed by atoms with Gasteiger partial charge in [0.2, 0.25) is 12.6 Å². The molecule has 0 amide bonds. The summed E-state index contributed by atoms with van der Waals surface area (Å²) in [5.74, 6) is -0.319. The van der Waals surface area contributed by atoms with Gasteiger partial charge in [0.05, 0.1) is 10.5 Å². The van der Waals surface area contributed by atoms with Crippen LogP contribution in [0, 0.1) is 10.1 Å². The lowest BCUT2D eigenvalue weighted by molar-refractivity contribution is -0.384. The van der Waals surface area contributed by atoms with Gasteiger partial charge in [-0.25, -0.2) is 0 Å². The smallest absolute Gasteiger partial charge is 0.269 e. The Hall–Kier alpha value is -4.46. The van der Waals surface area contributed by atoms with Crippen molar-refractivity contribution in [1.82, 2.24) is 0 Å². The molecule has 0 fully saturated rings. The summed E-state index contributed by atoms with van der Waals surface area (Å²) in [4.78, 5) is 37.8. The molecule has 6 rings (SSSR count). The monoisotopic (exact) mass is 427 g/mol. The number of nitro groups is 1. The molecule has 0 bridgehead atoms. The fourth-order valence-corrected chi connectivity index (χ4v) is 4.42. The molecule has 1 aliphatic carbocycles. The van der Waals surface area contributed by atoms with E-state index >= 15 is 0 Å². The highest BCUT2D eigenvalue weighted by Gasteiger charge is 2.43. The Morgan fingerprint density at radius 3 is 2.31 bits per heavy atom. The number of ether oxygens (including phenoxy) is 3. The maximum atomic E-state index is 13.6. The standard InChI is InChI=1S/C24H13NO7/c26-22-14-6-1-2-7-15(14)23(27)24-21(22)20(12-4-3-5-13(8-12)25(28)29)16-9-18-19(31-11-30-18)10-17(16)32-24/h1-10,20H,11H2. The van der Waals surface area contributed by atoms with Crippen LogP contribution in [0.1, 0.15) is 37.8 Å². The summed E-state index contributed by atoms with van der Waals surface area (Å²) >= 11 is 0. The van der Waals surface area contributed by atoms with Crippen LogP contribution < -0.4 is 14.2 Å². The Balaban J connectivity index is 1.63. The minimum atomic E-state index is -0.757. The number of carbonyl (C=O) groups is 2. The number of non-ortho nitro benzene ring substituents is 1. The summed E-state index contributed by atoms with van der Waals surface area (Å²) in [5.41, 5.74) is 1.64. The van der Waals surface area contributed by atoms with Crippen LogP contribution in [-0.4, -0.2) is 23.3 Å². The van der Waals surface area contributed by atoms with Crippen LogP contribution in [-0.2, 0) is 0 Å². The highest BCUT2D eigenvalue weighted by molar-refractivity contribution is 6.27. The molecule has 0 spiro atoms. The number of Topliss-reactive ketones (excluding diaryl/α,β-unsaturated/α-hetero) is 2. The molecule has 8 heteroatoms. The van der Waals surface area contributed by atoms with Gasteiger partial charge in [0.25, 0.3) is 5.69 Å². The number of benzene rings is 3. The largest absolute Gasteiger partial charge is 0.454 e. The second-order valence-electron chi connectivity index (χ2n) is 7.58. The first-order valence-electron chi connectivity index (χ1n) is 9.81. The van der Waals surface area contributed by atoms with Gasteiger partial charge < -0.3 is 14.2 Å². The molecule has 0 N–H and O–H groups in total. The second kappa shape index (κ2) is 6.52. The van der Waals surface area contributed by atoms with E-state index in [1.54, 1.807) is 48.5 Å². The molecular weight excluding hydrogens is 414 g/mol. The fraction of sp³-hybridized carbons (Fsp3) is 0.0833. The number of nitrogens with zero attached hydrogens (tertiary/aromatic N) is 1. The fourth-order valence-electron chi connectivity index (χ4n) is 4.42. The van der Waals surface area contributed by atoms with Crippen LogP contribution >= 0.6 is 0 Å². The van der Waals surface area contributed by atoms with E-state index in [0.717, 1.165) is 0 Å². The summed E-state index contributed by atoms with van der Waals surface area (Å²) < 4.78 is 16.9. The zero-order chi connectivity index (χ0) is 22.0. The van der Waals surface area contributed by atoms with Crippen LogP contribution in [0.3, 0.4) is 0 Å². The highest BCUT2D eigenvalue weighted by Crippen LogP contribution is 2.51. The topological polar surface area (TPSA) is 105 Å². The minimum Gasteiger partial charge on any atom is -0.454 e. The van der Waals surface area contributed by atoms with Crippen molar-refractivity contribution in [2.24, 2.45) is 0 Å². The minimum absolute atomic E-state index is 0.0378. The van der Waals surface area contributed by atoms with Gasteiger partial charge in [-0.3, -0.25) is 19.7 Å². The molecular formula is C24H13NO7. The van der Waals surface area contributed by atoms with E-state index in [0.29, 0.717) is 28.4 Å². The summed E-state index contributed by atoms with van der Waals surface area (Å²) in [6, 6.07) is 15.9. The number of hydrogen-bond donors (Lipinski definition) is 0. The third-order valence-electron chi connectivity index (χ3n) is 5.84. The normalized spacial score (nSPS) is 17.9. The molecule has 1 atom stereocenters. The average Bonchev–Trinajstić information content (AvgIpc) is 3.27.